The summed E-state index contributed by atoms with van der Waals surface area (Å²) in [6, 6.07) is 5.99. The van der Waals surface area contributed by atoms with Gasteiger partial charge in [0.2, 0.25) is 0 Å². The molecule has 0 saturated carbocycles. The van der Waals surface area contributed by atoms with Crippen LogP contribution in [0.5, 0.6) is 5.75 Å². The van der Waals surface area contributed by atoms with Gasteiger partial charge < -0.3 is 14.6 Å². The fourth-order valence-electron chi connectivity index (χ4n) is 3.91. The van der Waals surface area contributed by atoms with Crippen LogP contribution in [-0.4, -0.2) is 52.9 Å². The van der Waals surface area contributed by atoms with E-state index < -0.39 is 10.0 Å². The van der Waals surface area contributed by atoms with Crippen LogP contribution in [0.25, 0.3) is 11.1 Å². The lowest BCUT2D eigenvalue weighted by atomic mass is 10.1. The molecule has 0 spiro atoms. The first-order chi connectivity index (χ1) is 17.2. The smallest absolute Gasteiger partial charge is 0.265 e. The number of anilines is 1. The van der Waals surface area contributed by atoms with Gasteiger partial charge in [0.15, 0.2) is 5.82 Å². The standard InChI is InChI=1S/C23H23N7O5S/c1-13(23-27-14(2)28-35-23)30-12-16(10-26-30)15-4-5-20(34-3)21(8-15)36(32,33)29-17-9-18-19(25-11-17)6-7-24-22(18)31/h4-5,8-13,29H,6-7H2,1-3H3,(H,24,31). The summed E-state index contributed by atoms with van der Waals surface area (Å²) in [5, 5.41) is 10.9. The highest BCUT2D eigenvalue weighted by Gasteiger charge is 2.24. The quantitative estimate of drug-likeness (QED) is 0.382. The summed E-state index contributed by atoms with van der Waals surface area (Å²) in [5.41, 5.74) is 2.45. The minimum Gasteiger partial charge on any atom is -0.495 e. The van der Waals surface area contributed by atoms with Crippen LogP contribution >= 0.6 is 0 Å². The van der Waals surface area contributed by atoms with E-state index in [1.807, 2.05) is 6.92 Å². The van der Waals surface area contributed by atoms with Crippen molar-refractivity contribution >= 4 is 21.6 Å². The summed E-state index contributed by atoms with van der Waals surface area (Å²) in [4.78, 5) is 20.6. The maximum Gasteiger partial charge on any atom is 0.265 e. The van der Waals surface area contributed by atoms with E-state index in [2.05, 4.69) is 30.3 Å². The van der Waals surface area contributed by atoms with E-state index in [-0.39, 0.29) is 28.3 Å². The van der Waals surface area contributed by atoms with Crippen LogP contribution in [0.1, 0.15) is 40.7 Å². The van der Waals surface area contributed by atoms with E-state index in [1.165, 1.54) is 25.4 Å². The second kappa shape index (κ2) is 9.07. The number of amides is 1. The number of pyridine rings is 1. The molecule has 0 saturated heterocycles. The molecule has 1 aliphatic rings. The van der Waals surface area contributed by atoms with Crippen LogP contribution in [0, 0.1) is 6.92 Å². The van der Waals surface area contributed by atoms with Crippen molar-refractivity contribution in [2.24, 2.45) is 0 Å². The molecule has 1 aliphatic heterocycles. The summed E-state index contributed by atoms with van der Waals surface area (Å²) in [6.07, 6.45) is 5.37. The molecule has 0 bridgehead atoms. The number of hydrogen-bond donors (Lipinski definition) is 2. The van der Waals surface area contributed by atoms with Gasteiger partial charge in [-0.25, -0.2) is 8.42 Å². The Bertz CT molecular complexity index is 1560. The molecule has 13 heteroatoms. The maximum atomic E-state index is 13.3. The Balaban J connectivity index is 1.45. The van der Waals surface area contributed by atoms with Gasteiger partial charge in [-0.05, 0) is 37.6 Å². The van der Waals surface area contributed by atoms with Crippen LogP contribution in [0.4, 0.5) is 5.69 Å². The van der Waals surface area contributed by atoms with E-state index >= 15 is 0 Å². The van der Waals surface area contributed by atoms with E-state index in [0.29, 0.717) is 47.1 Å². The van der Waals surface area contributed by atoms with Crippen molar-refractivity contribution < 1.29 is 22.5 Å². The number of rotatable bonds is 7. The minimum atomic E-state index is -4.09. The van der Waals surface area contributed by atoms with Gasteiger partial charge >= 0.3 is 0 Å². The van der Waals surface area contributed by atoms with Crippen molar-refractivity contribution in [3.63, 3.8) is 0 Å². The minimum absolute atomic E-state index is 0.0713. The second-order valence-corrected chi connectivity index (χ2v) is 9.91. The molecule has 1 amide bonds. The van der Waals surface area contributed by atoms with E-state index in [1.54, 1.807) is 36.1 Å². The zero-order valence-corrected chi connectivity index (χ0v) is 20.5. The van der Waals surface area contributed by atoms with Gasteiger partial charge in [-0.1, -0.05) is 11.2 Å². The summed E-state index contributed by atoms with van der Waals surface area (Å²) in [7, 11) is -2.69. The Morgan fingerprint density at radius 1 is 1.22 bits per heavy atom. The molecule has 4 aromatic rings. The molecule has 186 valence electrons. The largest absolute Gasteiger partial charge is 0.495 e. The number of hydrogen-bond acceptors (Lipinski definition) is 9. The fraction of sp³-hybridized carbons (Fsp3) is 0.261. The van der Waals surface area contributed by atoms with Gasteiger partial charge in [-0.2, -0.15) is 10.1 Å². The van der Waals surface area contributed by atoms with Crippen LogP contribution in [0.15, 0.2) is 52.3 Å². The number of aryl methyl sites for hydroxylation is 1. The molecule has 1 atom stereocenters. The van der Waals surface area contributed by atoms with Gasteiger partial charge in [-0.15, -0.1) is 0 Å². The lowest BCUT2D eigenvalue weighted by Crippen LogP contribution is -2.32. The zero-order valence-electron chi connectivity index (χ0n) is 19.7. The van der Waals surface area contributed by atoms with Crippen molar-refractivity contribution in [3.05, 3.63) is 65.8 Å². The average molecular weight is 510 g/mol. The third kappa shape index (κ3) is 4.40. The van der Waals surface area contributed by atoms with Gasteiger partial charge in [-0.3, -0.25) is 19.2 Å². The number of sulfonamides is 1. The van der Waals surface area contributed by atoms with Crippen molar-refractivity contribution in [2.75, 3.05) is 18.4 Å². The molecule has 0 radical (unpaired) electrons. The highest BCUT2D eigenvalue weighted by Crippen LogP contribution is 2.32. The zero-order chi connectivity index (χ0) is 25.4. The predicted octanol–water partition coefficient (Wildman–Crippen LogP) is 2.34. The Morgan fingerprint density at radius 2 is 2.06 bits per heavy atom. The van der Waals surface area contributed by atoms with Crippen molar-refractivity contribution in [1.29, 1.82) is 0 Å². The van der Waals surface area contributed by atoms with Crippen LogP contribution in [0.2, 0.25) is 0 Å². The highest BCUT2D eigenvalue weighted by atomic mass is 32.2. The number of carbonyl (C=O) groups excluding carboxylic acids is 1. The number of nitrogens with zero attached hydrogens (tertiary/aromatic N) is 5. The summed E-state index contributed by atoms with van der Waals surface area (Å²) < 4.78 is 41.4. The molecule has 0 aliphatic carbocycles. The third-order valence-electron chi connectivity index (χ3n) is 5.80. The number of nitrogens with one attached hydrogen (secondary N) is 2. The Morgan fingerprint density at radius 3 is 2.81 bits per heavy atom. The third-order valence-corrected chi connectivity index (χ3v) is 7.20. The van der Waals surface area contributed by atoms with Crippen LogP contribution in [-0.2, 0) is 16.4 Å². The SMILES string of the molecule is COc1ccc(-c2cnn(C(C)c3nc(C)no3)c2)cc1S(=O)(=O)Nc1cnc2c(c1)C(=O)NCC2. The number of benzene rings is 1. The number of aromatic nitrogens is 5. The number of ether oxygens (including phenoxy) is 1. The molecule has 5 rings (SSSR count). The van der Waals surface area contributed by atoms with Gasteiger partial charge in [0.25, 0.3) is 21.8 Å². The summed E-state index contributed by atoms with van der Waals surface area (Å²) in [6.45, 7) is 4.10. The number of fused-ring (bicyclic) bond motifs is 1. The van der Waals surface area contributed by atoms with E-state index in [4.69, 9.17) is 9.26 Å². The first-order valence-electron chi connectivity index (χ1n) is 11.1. The van der Waals surface area contributed by atoms with Crippen LogP contribution < -0.4 is 14.8 Å². The van der Waals surface area contributed by atoms with Gasteiger partial charge in [0, 0.05) is 24.7 Å². The molecular formula is C23H23N7O5S. The first-order valence-corrected chi connectivity index (χ1v) is 12.6. The lowest BCUT2D eigenvalue weighted by Gasteiger charge is -2.17. The topological polar surface area (TPSA) is 154 Å². The highest BCUT2D eigenvalue weighted by molar-refractivity contribution is 7.92. The molecule has 1 unspecified atom stereocenters. The van der Waals surface area contributed by atoms with E-state index in [0.717, 1.165) is 0 Å². The molecule has 4 heterocycles. The number of carbonyl (C=O) groups is 1. The fourth-order valence-corrected chi connectivity index (χ4v) is 5.14. The maximum absolute atomic E-state index is 13.3. The summed E-state index contributed by atoms with van der Waals surface area (Å²) >= 11 is 0. The molecular weight excluding hydrogens is 486 g/mol. The first kappa shape index (κ1) is 23.5. The van der Waals surface area contributed by atoms with Gasteiger partial charge in [0.1, 0.15) is 16.7 Å². The van der Waals surface area contributed by atoms with Crippen molar-refractivity contribution in [1.82, 2.24) is 30.2 Å². The molecule has 36 heavy (non-hydrogen) atoms. The molecule has 3 aromatic heterocycles. The Kier molecular flexibility index (Phi) is 5.92. The Hall–Kier alpha value is -4.26. The van der Waals surface area contributed by atoms with Crippen LogP contribution in [0.3, 0.4) is 0 Å². The monoisotopic (exact) mass is 509 g/mol. The molecule has 0 fully saturated rings. The lowest BCUT2D eigenvalue weighted by molar-refractivity contribution is 0.0945. The van der Waals surface area contributed by atoms with Crippen molar-refractivity contribution in [3.8, 4) is 16.9 Å². The predicted molar refractivity (Wildman–Crippen MR) is 128 cm³/mol. The Labute approximate surface area is 206 Å². The summed E-state index contributed by atoms with van der Waals surface area (Å²) in [5.74, 6) is 0.816. The second-order valence-electron chi connectivity index (χ2n) is 8.26. The van der Waals surface area contributed by atoms with Crippen molar-refractivity contribution in [2.45, 2.75) is 31.2 Å². The molecule has 1 aromatic carbocycles. The average Bonchev–Trinajstić information content (AvgIpc) is 3.53. The number of methoxy groups -OCH3 is 1. The molecule has 12 nitrogen and oxygen atoms in total. The van der Waals surface area contributed by atoms with E-state index in [9.17, 15) is 13.2 Å². The molecule has 2 N–H and O–H groups in total. The normalized spacial score (nSPS) is 14.1. The van der Waals surface area contributed by atoms with Gasteiger partial charge in [0.05, 0.1) is 36.4 Å².